The molecule has 2 aromatic heterocycles. The van der Waals surface area contributed by atoms with Gasteiger partial charge in [-0.25, -0.2) is 4.39 Å². The smallest absolute Gasteiger partial charge is 0.251 e. The third-order valence-corrected chi connectivity index (χ3v) is 5.12. The van der Waals surface area contributed by atoms with Crippen molar-refractivity contribution in [3.05, 3.63) is 77.5 Å². The number of nitrogens with one attached hydrogen (secondary N) is 1. The van der Waals surface area contributed by atoms with Gasteiger partial charge in [-0.2, -0.15) is 0 Å². The molecule has 0 unspecified atom stereocenters. The van der Waals surface area contributed by atoms with Crippen LogP contribution in [0, 0.1) is 5.82 Å². The van der Waals surface area contributed by atoms with Gasteiger partial charge in [-0.3, -0.25) is 9.69 Å². The summed E-state index contributed by atoms with van der Waals surface area (Å²) in [6.45, 7) is 3.94. The molecule has 8 heteroatoms. The Morgan fingerprint density at radius 2 is 2.03 bits per heavy atom. The first-order valence-electron chi connectivity index (χ1n) is 10.1. The molecule has 3 aromatic rings. The highest BCUT2D eigenvalue weighted by atomic mass is 19.1. The summed E-state index contributed by atoms with van der Waals surface area (Å²) >= 11 is 0. The minimum atomic E-state index is -0.358. The minimum Gasteiger partial charge on any atom is -0.465 e. The van der Waals surface area contributed by atoms with Crippen LogP contribution in [-0.2, 0) is 19.4 Å². The van der Waals surface area contributed by atoms with Gasteiger partial charge in [0.25, 0.3) is 5.91 Å². The maximum Gasteiger partial charge on any atom is 0.251 e. The second-order valence-electron chi connectivity index (χ2n) is 7.17. The summed E-state index contributed by atoms with van der Waals surface area (Å²) in [6, 6.07) is 9.32. The normalized spacial score (nSPS) is 14.6. The third kappa shape index (κ3) is 5.01. The summed E-state index contributed by atoms with van der Waals surface area (Å²) in [6.07, 6.45) is 7.19. The van der Waals surface area contributed by atoms with Crippen LogP contribution in [0.15, 0.2) is 53.2 Å². The minimum absolute atomic E-state index is 0.222. The first kappa shape index (κ1) is 20.0. The molecule has 156 valence electrons. The van der Waals surface area contributed by atoms with E-state index in [1.54, 1.807) is 6.26 Å². The Bertz CT molecular complexity index is 995. The number of hydrogen-bond acceptors (Lipinski definition) is 5. The van der Waals surface area contributed by atoms with E-state index in [-0.39, 0.29) is 11.7 Å². The maximum absolute atomic E-state index is 13.0. The number of hydrogen-bond donors (Lipinski definition) is 1. The molecule has 1 aliphatic heterocycles. The molecule has 0 bridgehead atoms. The van der Waals surface area contributed by atoms with Crippen molar-refractivity contribution in [3.63, 3.8) is 0 Å². The summed E-state index contributed by atoms with van der Waals surface area (Å²) in [5, 5.41) is 11.5. The van der Waals surface area contributed by atoms with Crippen LogP contribution in [0.5, 0.6) is 0 Å². The predicted molar refractivity (Wildman–Crippen MR) is 110 cm³/mol. The molecule has 0 fully saturated rings. The lowest BCUT2D eigenvalue weighted by Crippen LogP contribution is -2.28. The number of furan rings is 1. The largest absolute Gasteiger partial charge is 0.465 e. The van der Waals surface area contributed by atoms with Gasteiger partial charge < -0.3 is 14.3 Å². The Labute approximate surface area is 174 Å². The van der Waals surface area contributed by atoms with Gasteiger partial charge in [0.1, 0.15) is 23.2 Å². The number of fused-ring (bicyclic) bond motifs is 1. The maximum atomic E-state index is 13.0. The standard InChI is InChI=1S/C22H24FN5O2/c23-18-7-5-17(6-8-18)22(29)24-11-9-20-25-26-21-10-13-27(14-15-28(20)21)12-1-3-19-4-2-16-30-19/h1-8,16H,9-15H2,(H,24,29)/b3-1+. The average molecular weight is 409 g/mol. The summed E-state index contributed by atoms with van der Waals surface area (Å²) in [7, 11) is 0. The molecular formula is C22H24FN5O2. The summed E-state index contributed by atoms with van der Waals surface area (Å²) in [5.74, 6) is 2.13. The molecule has 30 heavy (non-hydrogen) atoms. The third-order valence-electron chi connectivity index (χ3n) is 5.12. The average Bonchev–Trinajstić information content (AvgIpc) is 3.35. The summed E-state index contributed by atoms with van der Waals surface area (Å²) < 4.78 is 20.4. The zero-order chi connectivity index (χ0) is 20.8. The Hall–Kier alpha value is -3.26. The summed E-state index contributed by atoms with van der Waals surface area (Å²) in [4.78, 5) is 14.5. The van der Waals surface area contributed by atoms with Gasteiger partial charge in [0.15, 0.2) is 0 Å². The van der Waals surface area contributed by atoms with Crippen LogP contribution in [0.3, 0.4) is 0 Å². The van der Waals surface area contributed by atoms with Crippen molar-refractivity contribution in [2.45, 2.75) is 19.4 Å². The Kier molecular flexibility index (Phi) is 6.34. The molecule has 0 aliphatic carbocycles. The molecule has 1 N–H and O–H groups in total. The molecule has 1 amide bonds. The number of amides is 1. The second-order valence-corrected chi connectivity index (χ2v) is 7.17. The molecule has 3 heterocycles. The van der Waals surface area contributed by atoms with E-state index in [2.05, 4.69) is 31.1 Å². The van der Waals surface area contributed by atoms with Gasteiger partial charge in [0, 0.05) is 51.1 Å². The van der Waals surface area contributed by atoms with E-state index >= 15 is 0 Å². The van der Waals surface area contributed by atoms with Crippen molar-refractivity contribution in [1.82, 2.24) is 25.0 Å². The summed E-state index contributed by atoms with van der Waals surface area (Å²) in [5.41, 5.74) is 0.440. The Morgan fingerprint density at radius 3 is 2.83 bits per heavy atom. The number of halogens is 1. The first-order chi connectivity index (χ1) is 14.7. The Balaban J connectivity index is 1.27. The van der Waals surface area contributed by atoms with Crippen molar-refractivity contribution in [1.29, 1.82) is 0 Å². The van der Waals surface area contributed by atoms with Crippen molar-refractivity contribution in [2.75, 3.05) is 26.2 Å². The number of nitrogens with zero attached hydrogens (tertiary/aromatic N) is 4. The van der Waals surface area contributed by atoms with E-state index in [9.17, 15) is 9.18 Å². The van der Waals surface area contributed by atoms with Gasteiger partial charge >= 0.3 is 0 Å². The quantitative estimate of drug-likeness (QED) is 0.649. The molecular weight excluding hydrogens is 385 g/mol. The van der Waals surface area contributed by atoms with Crippen molar-refractivity contribution >= 4 is 12.0 Å². The monoisotopic (exact) mass is 409 g/mol. The Morgan fingerprint density at radius 1 is 1.17 bits per heavy atom. The van der Waals surface area contributed by atoms with E-state index in [0.29, 0.717) is 18.5 Å². The van der Waals surface area contributed by atoms with Crippen LogP contribution < -0.4 is 5.32 Å². The number of carbonyl (C=O) groups excluding carboxylic acids is 1. The van der Waals surface area contributed by atoms with Crippen LogP contribution in [0.1, 0.15) is 27.8 Å². The number of benzene rings is 1. The highest BCUT2D eigenvalue weighted by molar-refractivity contribution is 5.94. The molecule has 0 radical (unpaired) electrons. The lowest BCUT2D eigenvalue weighted by atomic mass is 10.2. The fourth-order valence-corrected chi connectivity index (χ4v) is 3.49. The fourth-order valence-electron chi connectivity index (χ4n) is 3.49. The highest BCUT2D eigenvalue weighted by Gasteiger charge is 2.18. The van der Waals surface area contributed by atoms with Crippen LogP contribution in [-0.4, -0.2) is 51.8 Å². The topological polar surface area (TPSA) is 76.2 Å². The molecule has 0 saturated carbocycles. The van der Waals surface area contributed by atoms with E-state index < -0.39 is 0 Å². The van der Waals surface area contributed by atoms with Gasteiger partial charge in [-0.05, 0) is 42.5 Å². The lowest BCUT2D eigenvalue weighted by Gasteiger charge is -2.17. The fraction of sp³-hybridized carbons (Fsp3) is 0.318. The van der Waals surface area contributed by atoms with Crippen molar-refractivity contribution < 1.29 is 13.6 Å². The van der Waals surface area contributed by atoms with Crippen LogP contribution in [0.2, 0.25) is 0 Å². The second kappa shape index (κ2) is 9.49. The number of aromatic nitrogens is 3. The van der Waals surface area contributed by atoms with Gasteiger partial charge in [0.2, 0.25) is 0 Å². The van der Waals surface area contributed by atoms with Crippen molar-refractivity contribution in [3.8, 4) is 0 Å². The van der Waals surface area contributed by atoms with Crippen LogP contribution in [0.25, 0.3) is 6.08 Å². The van der Waals surface area contributed by atoms with E-state index in [4.69, 9.17) is 4.42 Å². The zero-order valence-corrected chi connectivity index (χ0v) is 16.6. The SMILES string of the molecule is O=C(NCCc1nnc2n1CCN(C/C=C/c1ccco1)CC2)c1ccc(F)cc1. The van der Waals surface area contributed by atoms with E-state index in [0.717, 1.165) is 50.0 Å². The van der Waals surface area contributed by atoms with Crippen molar-refractivity contribution in [2.24, 2.45) is 0 Å². The molecule has 0 saturated heterocycles. The highest BCUT2D eigenvalue weighted by Crippen LogP contribution is 2.11. The molecule has 7 nitrogen and oxygen atoms in total. The first-order valence-corrected chi connectivity index (χ1v) is 10.1. The van der Waals surface area contributed by atoms with Crippen LogP contribution in [0.4, 0.5) is 4.39 Å². The lowest BCUT2D eigenvalue weighted by molar-refractivity contribution is 0.0954. The molecule has 0 spiro atoms. The number of rotatable bonds is 7. The number of carbonyl (C=O) groups is 1. The molecule has 0 atom stereocenters. The molecule has 1 aliphatic rings. The molecule has 4 rings (SSSR count). The molecule has 1 aromatic carbocycles. The van der Waals surface area contributed by atoms with Crippen LogP contribution >= 0.6 is 0 Å². The van der Waals surface area contributed by atoms with Gasteiger partial charge in [-0.1, -0.05) is 6.08 Å². The predicted octanol–water partition coefficient (Wildman–Crippen LogP) is 2.55. The van der Waals surface area contributed by atoms with Gasteiger partial charge in [0.05, 0.1) is 6.26 Å². The van der Waals surface area contributed by atoms with E-state index in [1.165, 1.54) is 24.3 Å². The van der Waals surface area contributed by atoms with E-state index in [1.807, 2.05) is 18.2 Å². The zero-order valence-electron chi connectivity index (χ0n) is 16.6. The van der Waals surface area contributed by atoms with Gasteiger partial charge in [-0.15, -0.1) is 10.2 Å².